The molecule has 1 aliphatic heterocycles. The van der Waals surface area contributed by atoms with Gasteiger partial charge in [-0.25, -0.2) is 0 Å². The molecule has 1 fully saturated rings. The molecule has 1 aromatic rings. The zero-order valence-corrected chi connectivity index (χ0v) is 11.2. The molecule has 2 rings (SSSR count). The van der Waals surface area contributed by atoms with Crippen LogP contribution in [0.25, 0.3) is 0 Å². The second kappa shape index (κ2) is 6.76. The van der Waals surface area contributed by atoms with Crippen molar-refractivity contribution in [3.8, 4) is 5.75 Å². The summed E-state index contributed by atoms with van der Waals surface area (Å²) < 4.78 is 0. The Labute approximate surface area is 110 Å². The first-order valence-electron chi connectivity index (χ1n) is 6.99. The highest BCUT2D eigenvalue weighted by molar-refractivity contribution is 5.26. The summed E-state index contributed by atoms with van der Waals surface area (Å²) in [5.74, 6) is 1.19. The van der Waals surface area contributed by atoms with E-state index in [0.29, 0.717) is 5.75 Å². The minimum absolute atomic E-state index is 0.366. The lowest BCUT2D eigenvalue weighted by Gasteiger charge is -2.29. The fourth-order valence-corrected chi connectivity index (χ4v) is 2.65. The summed E-state index contributed by atoms with van der Waals surface area (Å²) in [4.78, 5) is 2.48. The van der Waals surface area contributed by atoms with E-state index in [4.69, 9.17) is 0 Å². The molecule has 3 heteroatoms. The summed E-state index contributed by atoms with van der Waals surface area (Å²) in [6.45, 7) is 7.72. The molecule has 0 unspecified atom stereocenters. The molecule has 1 aromatic carbocycles. The molecule has 0 radical (unpaired) electrons. The van der Waals surface area contributed by atoms with Crippen LogP contribution in [0.2, 0.25) is 0 Å². The van der Waals surface area contributed by atoms with Crippen LogP contribution >= 0.6 is 0 Å². The Morgan fingerprint density at radius 3 is 2.78 bits per heavy atom. The predicted molar refractivity (Wildman–Crippen MR) is 74.7 cm³/mol. The normalized spacial score (nSPS) is 17.2. The van der Waals surface area contributed by atoms with E-state index in [1.54, 1.807) is 6.07 Å². The first-order chi connectivity index (χ1) is 8.78. The number of phenolic OH excluding ortho intramolecular Hbond substituents is 1. The Bertz CT molecular complexity index is 361. The fourth-order valence-electron chi connectivity index (χ4n) is 2.65. The molecule has 18 heavy (non-hydrogen) atoms. The van der Waals surface area contributed by atoms with Gasteiger partial charge in [-0.1, -0.05) is 19.1 Å². The van der Waals surface area contributed by atoms with E-state index in [0.717, 1.165) is 32.1 Å². The van der Waals surface area contributed by atoms with Gasteiger partial charge in [0, 0.05) is 13.1 Å². The number of piperidine rings is 1. The van der Waals surface area contributed by atoms with E-state index in [9.17, 15) is 5.11 Å². The lowest BCUT2D eigenvalue weighted by molar-refractivity contribution is 0.207. The molecule has 0 aromatic heterocycles. The maximum absolute atomic E-state index is 9.49. The molecule has 0 bridgehead atoms. The third-order valence-electron chi connectivity index (χ3n) is 3.74. The van der Waals surface area contributed by atoms with Crippen LogP contribution in [0, 0.1) is 5.92 Å². The Kier molecular flexibility index (Phi) is 5.02. The highest BCUT2D eigenvalue weighted by atomic mass is 16.3. The molecular weight excluding hydrogens is 224 g/mol. The maximum Gasteiger partial charge on any atom is 0.115 e. The number of nitrogens with one attached hydrogen (secondary N) is 1. The smallest absolute Gasteiger partial charge is 0.115 e. The predicted octanol–water partition coefficient (Wildman–Crippen LogP) is 2.21. The topological polar surface area (TPSA) is 35.5 Å². The molecule has 1 aliphatic rings. The van der Waals surface area contributed by atoms with Crippen LogP contribution in [0.15, 0.2) is 24.3 Å². The van der Waals surface area contributed by atoms with Crippen molar-refractivity contribution in [1.29, 1.82) is 0 Å². The molecule has 0 spiro atoms. The van der Waals surface area contributed by atoms with Gasteiger partial charge in [0.05, 0.1) is 0 Å². The van der Waals surface area contributed by atoms with Crippen molar-refractivity contribution < 1.29 is 5.11 Å². The van der Waals surface area contributed by atoms with Crippen molar-refractivity contribution in [2.75, 3.05) is 26.2 Å². The number of phenols is 1. The van der Waals surface area contributed by atoms with Gasteiger partial charge >= 0.3 is 0 Å². The van der Waals surface area contributed by atoms with Crippen LogP contribution in [-0.4, -0.2) is 36.2 Å². The van der Waals surface area contributed by atoms with Crippen molar-refractivity contribution in [2.45, 2.75) is 26.3 Å². The molecule has 0 saturated carbocycles. The largest absolute Gasteiger partial charge is 0.508 e. The first kappa shape index (κ1) is 13.4. The average molecular weight is 248 g/mol. The summed E-state index contributed by atoms with van der Waals surface area (Å²) in [6.07, 6.45) is 2.58. The van der Waals surface area contributed by atoms with E-state index >= 15 is 0 Å². The van der Waals surface area contributed by atoms with E-state index in [-0.39, 0.29) is 0 Å². The monoisotopic (exact) mass is 248 g/mol. The van der Waals surface area contributed by atoms with Crippen molar-refractivity contribution in [2.24, 2.45) is 5.92 Å². The molecule has 0 atom stereocenters. The number of hydrogen-bond acceptors (Lipinski definition) is 3. The lowest BCUT2D eigenvalue weighted by Crippen LogP contribution is -2.35. The third kappa shape index (κ3) is 4.00. The van der Waals surface area contributed by atoms with E-state index < -0.39 is 0 Å². The van der Waals surface area contributed by atoms with Gasteiger partial charge in [-0.2, -0.15) is 0 Å². The SMILES string of the molecule is CCN(Cc1cccc(O)c1)CC1CCNCC1. The summed E-state index contributed by atoms with van der Waals surface area (Å²) in [5, 5.41) is 12.9. The van der Waals surface area contributed by atoms with Gasteiger partial charge in [-0.05, 0) is 56.1 Å². The van der Waals surface area contributed by atoms with E-state index in [1.165, 1.54) is 24.9 Å². The Hall–Kier alpha value is -1.06. The van der Waals surface area contributed by atoms with Crippen LogP contribution in [0.4, 0.5) is 0 Å². The highest BCUT2D eigenvalue weighted by Crippen LogP contribution is 2.17. The van der Waals surface area contributed by atoms with Gasteiger partial charge in [0.25, 0.3) is 0 Å². The number of hydrogen-bond donors (Lipinski definition) is 2. The van der Waals surface area contributed by atoms with E-state index in [2.05, 4.69) is 23.2 Å². The number of rotatable bonds is 5. The Balaban J connectivity index is 1.88. The van der Waals surface area contributed by atoms with Crippen molar-refractivity contribution in [1.82, 2.24) is 10.2 Å². The zero-order valence-electron chi connectivity index (χ0n) is 11.2. The summed E-state index contributed by atoms with van der Waals surface area (Å²) in [7, 11) is 0. The van der Waals surface area contributed by atoms with Crippen molar-refractivity contribution >= 4 is 0 Å². The molecule has 1 saturated heterocycles. The standard InChI is InChI=1S/C15H24N2O/c1-2-17(11-13-6-8-16-9-7-13)12-14-4-3-5-15(18)10-14/h3-5,10,13,16,18H,2,6-9,11-12H2,1H3. The van der Waals surface area contributed by atoms with Gasteiger partial charge in [-0.15, -0.1) is 0 Å². The van der Waals surface area contributed by atoms with Crippen LogP contribution in [0.5, 0.6) is 5.75 Å². The lowest BCUT2D eigenvalue weighted by atomic mass is 9.97. The molecule has 1 heterocycles. The zero-order chi connectivity index (χ0) is 12.8. The van der Waals surface area contributed by atoms with Crippen LogP contribution in [0.3, 0.4) is 0 Å². The number of aromatic hydroxyl groups is 1. The number of benzene rings is 1. The summed E-state index contributed by atoms with van der Waals surface area (Å²) in [6, 6.07) is 7.60. The minimum atomic E-state index is 0.366. The van der Waals surface area contributed by atoms with Gasteiger partial charge in [0.2, 0.25) is 0 Å². The summed E-state index contributed by atoms with van der Waals surface area (Å²) >= 11 is 0. The molecule has 0 amide bonds. The minimum Gasteiger partial charge on any atom is -0.508 e. The van der Waals surface area contributed by atoms with Crippen LogP contribution < -0.4 is 5.32 Å². The Morgan fingerprint density at radius 2 is 2.11 bits per heavy atom. The maximum atomic E-state index is 9.49. The molecular formula is C15H24N2O. The molecule has 2 N–H and O–H groups in total. The second-order valence-corrected chi connectivity index (χ2v) is 5.19. The summed E-state index contributed by atoms with van der Waals surface area (Å²) in [5.41, 5.74) is 1.20. The van der Waals surface area contributed by atoms with Crippen LogP contribution in [-0.2, 0) is 6.54 Å². The van der Waals surface area contributed by atoms with Gasteiger partial charge in [-0.3, -0.25) is 4.90 Å². The quantitative estimate of drug-likeness (QED) is 0.838. The fraction of sp³-hybridized carbons (Fsp3) is 0.600. The van der Waals surface area contributed by atoms with E-state index in [1.807, 2.05) is 12.1 Å². The molecule has 3 nitrogen and oxygen atoms in total. The Morgan fingerprint density at radius 1 is 1.33 bits per heavy atom. The second-order valence-electron chi connectivity index (χ2n) is 5.19. The van der Waals surface area contributed by atoms with Gasteiger partial charge in [0.1, 0.15) is 5.75 Å². The average Bonchev–Trinajstić information content (AvgIpc) is 2.39. The third-order valence-corrected chi connectivity index (χ3v) is 3.74. The molecule has 100 valence electrons. The van der Waals surface area contributed by atoms with Crippen molar-refractivity contribution in [3.05, 3.63) is 29.8 Å². The van der Waals surface area contributed by atoms with Gasteiger partial charge < -0.3 is 10.4 Å². The first-order valence-corrected chi connectivity index (χ1v) is 6.99. The van der Waals surface area contributed by atoms with Crippen LogP contribution in [0.1, 0.15) is 25.3 Å². The highest BCUT2D eigenvalue weighted by Gasteiger charge is 2.16. The molecule has 0 aliphatic carbocycles. The van der Waals surface area contributed by atoms with Crippen molar-refractivity contribution in [3.63, 3.8) is 0 Å². The number of nitrogens with zero attached hydrogens (tertiary/aromatic N) is 1. The van der Waals surface area contributed by atoms with Gasteiger partial charge in [0.15, 0.2) is 0 Å².